The highest BCUT2D eigenvalue weighted by Gasteiger charge is 2.14. The maximum atomic E-state index is 12.0. The summed E-state index contributed by atoms with van der Waals surface area (Å²) in [4.78, 5) is 23.1. The normalized spacial score (nSPS) is 10.7. The smallest absolute Gasteiger partial charge is 0.313 e. The van der Waals surface area contributed by atoms with E-state index in [1.54, 1.807) is 12.1 Å². The molecule has 0 bridgehead atoms. The number of nitrogens with one attached hydrogen (secondary N) is 2. The Labute approximate surface area is 130 Å². The lowest BCUT2D eigenvalue weighted by molar-refractivity contribution is 0.0666. The number of nitrogens with zero attached hydrogens (tertiary/aromatic N) is 1. The number of fused-ring (bicyclic) bond motifs is 1. The van der Waals surface area contributed by atoms with E-state index in [2.05, 4.69) is 10.5 Å². The van der Waals surface area contributed by atoms with E-state index in [0.717, 1.165) is 5.39 Å². The third-order valence-electron chi connectivity index (χ3n) is 3.20. The first kappa shape index (κ1) is 14.8. The van der Waals surface area contributed by atoms with Crippen LogP contribution in [0.1, 0.15) is 26.8 Å². The first-order valence-corrected chi connectivity index (χ1v) is 6.84. The molecule has 0 aliphatic heterocycles. The molecule has 0 saturated heterocycles. The van der Waals surface area contributed by atoms with E-state index < -0.39 is 5.91 Å². The maximum Gasteiger partial charge on any atom is 0.313 e. The first-order chi connectivity index (χ1) is 11.2. The first-order valence-electron chi connectivity index (χ1n) is 6.84. The molecule has 0 spiro atoms. The lowest BCUT2D eigenvalue weighted by Crippen LogP contribution is -2.25. The highest BCUT2D eigenvalue weighted by molar-refractivity contribution is 5.96. The number of hydrogen-bond acceptors (Lipinski definition) is 6. The van der Waals surface area contributed by atoms with Crippen LogP contribution < -0.4 is 10.8 Å². The van der Waals surface area contributed by atoms with Crippen molar-refractivity contribution in [2.75, 3.05) is 6.54 Å². The molecule has 2 heterocycles. The molecule has 0 unspecified atom stereocenters. The van der Waals surface area contributed by atoms with E-state index in [1.807, 2.05) is 18.2 Å². The summed E-state index contributed by atoms with van der Waals surface area (Å²) in [7, 11) is 0. The lowest BCUT2D eigenvalue weighted by Gasteiger charge is -2.00. The fraction of sp³-hybridized carbons (Fsp3) is 0.133. The molecule has 0 aliphatic rings. The van der Waals surface area contributed by atoms with Crippen LogP contribution in [-0.4, -0.2) is 28.7 Å². The van der Waals surface area contributed by atoms with Gasteiger partial charge in [-0.1, -0.05) is 23.4 Å². The Kier molecular flexibility index (Phi) is 4.07. The monoisotopic (exact) mass is 315 g/mol. The maximum absolute atomic E-state index is 12.0. The number of hydrogen-bond donors (Lipinski definition) is 3. The van der Waals surface area contributed by atoms with Crippen LogP contribution in [0.2, 0.25) is 0 Å². The lowest BCUT2D eigenvalue weighted by atomic mass is 10.2. The number of carbonyl (C=O) groups is 2. The predicted octanol–water partition coefficient (Wildman–Crippen LogP) is 1.51. The molecule has 0 aliphatic carbocycles. The quantitative estimate of drug-likeness (QED) is 0.485. The van der Waals surface area contributed by atoms with E-state index >= 15 is 0 Å². The Balaban J connectivity index is 1.56. The van der Waals surface area contributed by atoms with Gasteiger partial charge < -0.3 is 14.3 Å². The Morgan fingerprint density at radius 2 is 1.96 bits per heavy atom. The van der Waals surface area contributed by atoms with Gasteiger partial charge in [-0.15, -0.1) is 0 Å². The van der Waals surface area contributed by atoms with Crippen molar-refractivity contribution in [3.05, 3.63) is 53.6 Å². The Morgan fingerprint density at radius 3 is 2.74 bits per heavy atom. The van der Waals surface area contributed by atoms with Crippen LogP contribution in [0.3, 0.4) is 0 Å². The summed E-state index contributed by atoms with van der Waals surface area (Å²) in [5.74, 6) is -0.995. The molecule has 0 fully saturated rings. The topological polar surface area (TPSA) is 118 Å². The van der Waals surface area contributed by atoms with Gasteiger partial charge in [0.1, 0.15) is 5.58 Å². The number of aromatic nitrogens is 1. The highest BCUT2D eigenvalue weighted by atomic mass is 16.5. The second-order valence-electron chi connectivity index (χ2n) is 4.78. The standard InChI is InChI=1S/C15H13N3O5/c19-14(12-7-9-3-1-2-4-11(9)22-12)16-6-5-10-8-13(23-18-10)15(20)17-21/h1-4,7-8,21H,5-6H2,(H,16,19)(H,17,20). The van der Waals surface area contributed by atoms with Crippen LogP contribution in [0.5, 0.6) is 0 Å². The van der Waals surface area contributed by atoms with E-state index in [1.165, 1.54) is 11.5 Å². The van der Waals surface area contributed by atoms with Crippen molar-refractivity contribution in [2.45, 2.75) is 6.42 Å². The van der Waals surface area contributed by atoms with E-state index in [9.17, 15) is 9.59 Å². The van der Waals surface area contributed by atoms with Gasteiger partial charge in [0, 0.05) is 24.4 Å². The molecular weight excluding hydrogens is 302 g/mol. The minimum Gasteiger partial charge on any atom is -0.451 e. The van der Waals surface area contributed by atoms with Crippen molar-refractivity contribution in [3.63, 3.8) is 0 Å². The number of carbonyl (C=O) groups excluding carboxylic acids is 2. The molecule has 8 nitrogen and oxygen atoms in total. The molecule has 0 atom stereocenters. The molecular formula is C15H13N3O5. The van der Waals surface area contributed by atoms with Gasteiger partial charge in [0.25, 0.3) is 5.91 Å². The predicted molar refractivity (Wildman–Crippen MR) is 78.0 cm³/mol. The molecule has 0 saturated carbocycles. The average molecular weight is 315 g/mol. The van der Waals surface area contributed by atoms with Gasteiger partial charge in [-0.25, -0.2) is 5.48 Å². The number of amides is 2. The zero-order valence-electron chi connectivity index (χ0n) is 11.9. The second-order valence-corrected chi connectivity index (χ2v) is 4.78. The fourth-order valence-corrected chi connectivity index (χ4v) is 2.08. The SMILES string of the molecule is O=C(NO)c1cc(CCNC(=O)c2cc3ccccc3o2)no1. The summed E-state index contributed by atoms with van der Waals surface area (Å²) < 4.78 is 10.2. The van der Waals surface area contributed by atoms with Crippen LogP contribution in [-0.2, 0) is 6.42 Å². The molecule has 1 aromatic carbocycles. The van der Waals surface area contributed by atoms with Crippen molar-refractivity contribution in [3.8, 4) is 0 Å². The number of benzene rings is 1. The molecule has 3 aromatic rings. The third-order valence-corrected chi connectivity index (χ3v) is 3.20. The molecule has 118 valence electrons. The molecule has 2 amide bonds. The number of para-hydroxylation sites is 1. The summed E-state index contributed by atoms with van der Waals surface area (Å²) in [5.41, 5.74) is 2.58. The largest absolute Gasteiger partial charge is 0.451 e. The van der Waals surface area contributed by atoms with E-state index in [-0.39, 0.29) is 17.4 Å². The van der Waals surface area contributed by atoms with Crippen molar-refractivity contribution in [2.24, 2.45) is 0 Å². The van der Waals surface area contributed by atoms with Gasteiger partial charge in [0.2, 0.25) is 5.76 Å². The van der Waals surface area contributed by atoms with Crippen molar-refractivity contribution < 1.29 is 23.7 Å². The molecule has 8 heteroatoms. The Hall–Kier alpha value is -3.13. The second kappa shape index (κ2) is 6.32. The Morgan fingerprint density at radius 1 is 1.13 bits per heavy atom. The fourth-order valence-electron chi connectivity index (χ4n) is 2.08. The van der Waals surface area contributed by atoms with Gasteiger partial charge in [-0.3, -0.25) is 14.8 Å². The van der Waals surface area contributed by atoms with Gasteiger partial charge in [0.15, 0.2) is 5.76 Å². The summed E-state index contributed by atoms with van der Waals surface area (Å²) in [6.07, 6.45) is 0.369. The van der Waals surface area contributed by atoms with Crippen LogP contribution in [0.4, 0.5) is 0 Å². The van der Waals surface area contributed by atoms with Gasteiger partial charge >= 0.3 is 5.91 Å². The van der Waals surface area contributed by atoms with Gasteiger partial charge in [-0.2, -0.15) is 0 Å². The average Bonchev–Trinajstić information content (AvgIpc) is 3.20. The number of furan rings is 1. The highest BCUT2D eigenvalue weighted by Crippen LogP contribution is 2.18. The summed E-state index contributed by atoms with van der Waals surface area (Å²) in [6, 6.07) is 10.4. The Bertz CT molecular complexity index is 819. The summed E-state index contributed by atoms with van der Waals surface area (Å²) in [6.45, 7) is 0.294. The minimum atomic E-state index is -0.782. The summed E-state index contributed by atoms with van der Waals surface area (Å²) >= 11 is 0. The zero-order valence-corrected chi connectivity index (χ0v) is 11.9. The van der Waals surface area contributed by atoms with Gasteiger partial charge in [0.05, 0.1) is 5.69 Å². The van der Waals surface area contributed by atoms with Gasteiger partial charge in [-0.05, 0) is 12.1 Å². The van der Waals surface area contributed by atoms with Crippen LogP contribution in [0.15, 0.2) is 45.3 Å². The van der Waals surface area contributed by atoms with E-state index in [0.29, 0.717) is 24.2 Å². The van der Waals surface area contributed by atoms with Crippen molar-refractivity contribution in [1.29, 1.82) is 0 Å². The van der Waals surface area contributed by atoms with E-state index in [4.69, 9.17) is 14.1 Å². The molecule has 2 aromatic heterocycles. The molecule has 0 radical (unpaired) electrons. The van der Waals surface area contributed by atoms with Crippen molar-refractivity contribution >= 4 is 22.8 Å². The third kappa shape index (κ3) is 3.22. The van der Waals surface area contributed by atoms with Crippen LogP contribution in [0, 0.1) is 0 Å². The van der Waals surface area contributed by atoms with Crippen LogP contribution in [0.25, 0.3) is 11.0 Å². The molecule has 3 N–H and O–H groups in total. The zero-order chi connectivity index (χ0) is 16.2. The summed E-state index contributed by atoms with van der Waals surface area (Å²) in [5, 5.41) is 15.7. The number of hydroxylamine groups is 1. The number of rotatable bonds is 5. The van der Waals surface area contributed by atoms with Crippen molar-refractivity contribution in [1.82, 2.24) is 16.0 Å². The minimum absolute atomic E-state index is 0.105. The molecule has 23 heavy (non-hydrogen) atoms. The van der Waals surface area contributed by atoms with Crippen LogP contribution >= 0.6 is 0 Å². The molecule has 3 rings (SSSR count).